The first kappa shape index (κ1) is 13.5. The molecule has 94 valence electrons. The van der Waals surface area contributed by atoms with Crippen molar-refractivity contribution in [1.82, 2.24) is 0 Å². The molecule has 0 aliphatic heterocycles. The summed E-state index contributed by atoms with van der Waals surface area (Å²) in [5.41, 5.74) is 7.05. The highest BCUT2D eigenvalue weighted by Crippen LogP contribution is 2.35. The lowest BCUT2D eigenvalue weighted by atomic mass is 9.94. The van der Waals surface area contributed by atoms with E-state index in [9.17, 15) is 4.79 Å². The third-order valence-corrected chi connectivity index (χ3v) is 2.41. The summed E-state index contributed by atoms with van der Waals surface area (Å²) in [5, 5.41) is 0. The summed E-state index contributed by atoms with van der Waals surface area (Å²) in [6.07, 6.45) is 1.39. The minimum absolute atomic E-state index is 0.346. The summed E-state index contributed by atoms with van der Waals surface area (Å²) < 4.78 is 10.5. The second-order valence-electron chi connectivity index (χ2n) is 4.66. The average Bonchev–Trinajstić information content (AvgIpc) is 2.26. The fraction of sp³-hybridized carbons (Fsp3) is 0.462. The van der Waals surface area contributed by atoms with E-state index in [0.29, 0.717) is 23.5 Å². The minimum atomic E-state index is -0.346. The van der Waals surface area contributed by atoms with Crippen LogP contribution >= 0.6 is 0 Å². The van der Waals surface area contributed by atoms with Crippen molar-refractivity contribution >= 4 is 6.29 Å². The van der Waals surface area contributed by atoms with Crippen LogP contribution < -0.4 is 15.2 Å². The van der Waals surface area contributed by atoms with Gasteiger partial charge in [0.1, 0.15) is 0 Å². The van der Waals surface area contributed by atoms with Crippen LogP contribution in [0.3, 0.4) is 0 Å². The van der Waals surface area contributed by atoms with Gasteiger partial charge in [0, 0.05) is 5.54 Å². The Bertz CT molecular complexity index is 408. The Morgan fingerprint density at radius 3 is 2.24 bits per heavy atom. The Labute approximate surface area is 102 Å². The van der Waals surface area contributed by atoms with Crippen LogP contribution in [0.5, 0.6) is 11.5 Å². The molecule has 0 aliphatic carbocycles. The number of ether oxygens (including phenoxy) is 2. The number of methoxy groups -OCH3 is 2. The van der Waals surface area contributed by atoms with Crippen molar-refractivity contribution in [2.75, 3.05) is 14.2 Å². The quantitative estimate of drug-likeness (QED) is 0.793. The molecule has 1 aromatic rings. The zero-order chi connectivity index (χ0) is 13.1. The van der Waals surface area contributed by atoms with E-state index >= 15 is 0 Å². The smallest absolute Gasteiger partial charge is 0.171 e. The molecular formula is C13H19NO3. The van der Waals surface area contributed by atoms with Crippen LogP contribution in [0.2, 0.25) is 0 Å². The predicted octanol–water partition coefficient (Wildman–Crippen LogP) is 1.80. The molecule has 0 atom stereocenters. The van der Waals surface area contributed by atoms with Crippen molar-refractivity contribution in [1.29, 1.82) is 0 Å². The summed E-state index contributed by atoms with van der Waals surface area (Å²) >= 11 is 0. The van der Waals surface area contributed by atoms with Crippen LogP contribution in [0.25, 0.3) is 0 Å². The van der Waals surface area contributed by atoms with E-state index in [1.807, 2.05) is 19.9 Å². The average molecular weight is 237 g/mol. The van der Waals surface area contributed by atoms with E-state index in [1.54, 1.807) is 13.2 Å². The summed E-state index contributed by atoms with van der Waals surface area (Å²) in [6, 6.07) is 3.56. The lowest BCUT2D eigenvalue weighted by Gasteiger charge is -2.21. The van der Waals surface area contributed by atoms with Crippen LogP contribution in [0.1, 0.15) is 29.8 Å². The highest BCUT2D eigenvalue weighted by Gasteiger charge is 2.19. The number of benzene rings is 1. The van der Waals surface area contributed by atoms with E-state index in [0.717, 1.165) is 11.8 Å². The van der Waals surface area contributed by atoms with E-state index < -0.39 is 0 Å². The second-order valence-corrected chi connectivity index (χ2v) is 4.66. The maximum Gasteiger partial charge on any atom is 0.171 e. The van der Waals surface area contributed by atoms with Gasteiger partial charge in [0.15, 0.2) is 17.8 Å². The minimum Gasteiger partial charge on any atom is -0.493 e. The normalized spacial score (nSPS) is 11.1. The maximum atomic E-state index is 10.9. The van der Waals surface area contributed by atoms with Gasteiger partial charge in [-0.25, -0.2) is 0 Å². The molecule has 1 aromatic carbocycles. The predicted molar refractivity (Wildman–Crippen MR) is 66.9 cm³/mol. The molecule has 0 aromatic heterocycles. The first-order valence-electron chi connectivity index (χ1n) is 5.41. The number of rotatable bonds is 5. The second kappa shape index (κ2) is 5.19. The third-order valence-electron chi connectivity index (χ3n) is 2.41. The molecule has 0 heterocycles. The molecular weight excluding hydrogens is 218 g/mol. The highest BCUT2D eigenvalue weighted by atomic mass is 16.5. The van der Waals surface area contributed by atoms with Gasteiger partial charge in [-0.05, 0) is 31.9 Å². The van der Waals surface area contributed by atoms with Gasteiger partial charge in [-0.3, -0.25) is 4.79 Å². The van der Waals surface area contributed by atoms with Crippen molar-refractivity contribution < 1.29 is 14.3 Å². The van der Waals surface area contributed by atoms with Crippen LogP contribution in [-0.2, 0) is 6.42 Å². The molecule has 4 heteroatoms. The van der Waals surface area contributed by atoms with E-state index in [4.69, 9.17) is 15.2 Å². The molecule has 17 heavy (non-hydrogen) atoms. The van der Waals surface area contributed by atoms with Gasteiger partial charge in [-0.15, -0.1) is 0 Å². The largest absolute Gasteiger partial charge is 0.493 e. The first-order chi connectivity index (χ1) is 7.92. The fourth-order valence-corrected chi connectivity index (χ4v) is 1.78. The lowest BCUT2D eigenvalue weighted by molar-refractivity contribution is 0.112. The maximum absolute atomic E-state index is 10.9. The molecule has 2 N–H and O–H groups in total. The molecule has 0 fully saturated rings. The topological polar surface area (TPSA) is 61.5 Å². The number of carbonyl (C=O) groups is 1. The molecule has 0 saturated heterocycles. The molecule has 0 amide bonds. The van der Waals surface area contributed by atoms with Gasteiger partial charge in [0.25, 0.3) is 0 Å². The standard InChI is InChI=1S/C13H19NO3/c1-13(2,14)7-9-5-6-10(8-15)12(17-4)11(9)16-3/h5-6,8H,7,14H2,1-4H3. The van der Waals surface area contributed by atoms with E-state index in [2.05, 4.69) is 0 Å². The molecule has 0 aliphatic rings. The van der Waals surface area contributed by atoms with Crippen molar-refractivity contribution in [2.24, 2.45) is 5.73 Å². The zero-order valence-corrected chi connectivity index (χ0v) is 10.7. The summed E-state index contributed by atoms with van der Waals surface area (Å²) in [5.74, 6) is 1.04. The number of hydrogen-bond donors (Lipinski definition) is 1. The Morgan fingerprint density at radius 1 is 1.24 bits per heavy atom. The van der Waals surface area contributed by atoms with Crippen LogP contribution in [0, 0.1) is 0 Å². The monoisotopic (exact) mass is 237 g/mol. The van der Waals surface area contributed by atoms with E-state index in [-0.39, 0.29) is 5.54 Å². The van der Waals surface area contributed by atoms with Gasteiger partial charge in [0.05, 0.1) is 19.8 Å². The molecule has 1 rings (SSSR count). The number of nitrogens with two attached hydrogens (primary N) is 1. The zero-order valence-electron chi connectivity index (χ0n) is 10.7. The van der Waals surface area contributed by atoms with Crippen LogP contribution in [-0.4, -0.2) is 26.0 Å². The first-order valence-corrected chi connectivity index (χ1v) is 5.41. The summed E-state index contributed by atoms with van der Waals surface area (Å²) in [6.45, 7) is 3.87. The lowest BCUT2D eigenvalue weighted by Crippen LogP contribution is -2.34. The highest BCUT2D eigenvalue weighted by molar-refractivity contribution is 5.81. The van der Waals surface area contributed by atoms with Crippen LogP contribution in [0.15, 0.2) is 12.1 Å². The van der Waals surface area contributed by atoms with Crippen molar-refractivity contribution in [3.63, 3.8) is 0 Å². The van der Waals surface area contributed by atoms with Gasteiger partial charge >= 0.3 is 0 Å². The summed E-state index contributed by atoms with van der Waals surface area (Å²) in [7, 11) is 3.07. The Kier molecular flexibility index (Phi) is 4.12. The van der Waals surface area contributed by atoms with Gasteiger partial charge in [-0.2, -0.15) is 0 Å². The molecule has 0 saturated carbocycles. The van der Waals surface area contributed by atoms with E-state index in [1.165, 1.54) is 7.11 Å². The molecule has 0 spiro atoms. The fourth-order valence-electron chi connectivity index (χ4n) is 1.78. The number of aldehydes is 1. The van der Waals surface area contributed by atoms with Crippen molar-refractivity contribution in [3.8, 4) is 11.5 Å². The molecule has 4 nitrogen and oxygen atoms in total. The Balaban J connectivity index is 3.28. The number of carbonyl (C=O) groups excluding carboxylic acids is 1. The Morgan fingerprint density at radius 2 is 1.82 bits per heavy atom. The van der Waals surface area contributed by atoms with Gasteiger partial charge in [-0.1, -0.05) is 6.07 Å². The van der Waals surface area contributed by atoms with Crippen molar-refractivity contribution in [2.45, 2.75) is 25.8 Å². The molecule has 0 unspecified atom stereocenters. The summed E-state index contributed by atoms with van der Waals surface area (Å²) in [4.78, 5) is 10.9. The third kappa shape index (κ3) is 3.20. The SMILES string of the molecule is COc1c(C=O)ccc(CC(C)(C)N)c1OC. The molecule has 0 bridgehead atoms. The Hall–Kier alpha value is -1.55. The van der Waals surface area contributed by atoms with Gasteiger partial charge in [0.2, 0.25) is 0 Å². The van der Waals surface area contributed by atoms with Gasteiger partial charge < -0.3 is 15.2 Å². The number of hydrogen-bond acceptors (Lipinski definition) is 4. The van der Waals surface area contributed by atoms with Crippen LogP contribution in [0.4, 0.5) is 0 Å². The molecule has 0 radical (unpaired) electrons. The van der Waals surface area contributed by atoms with Crippen molar-refractivity contribution in [3.05, 3.63) is 23.3 Å².